The zero-order valence-corrected chi connectivity index (χ0v) is 7.62. The molecule has 14 heavy (non-hydrogen) atoms. The third-order valence-corrected chi connectivity index (χ3v) is 3.85. The number of rotatable bonds is 1. The highest BCUT2D eigenvalue weighted by molar-refractivity contribution is 5.88. The zero-order valence-electron chi connectivity index (χ0n) is 7.62. The fourth-order valence-electron chi connectivity index (χ4n) is 2.85. The van der Waals surface area contributed by atoms with Crippen molar-refractivity contribution in [2.45, 2.75) is 30.8 Å². The van der Waals surface area contributed by atoms with E-state index in [2.05, 4.69) is 0 Å². The molecule has 0 aromatic carbocycles. The molecule has 1 heterocycles. The first-order valence-electron chi connectivity index (χ1n) is 4.95. The van der Waals surface area contributed by atoms with Crippen molar-refractivity contribution in [3.63, 3.8) is 0 Å². The van der Waals surface area contributed by atoms with Crippen LogP contribution < -0.4 is 5.73 Å². The highest BCUT2D eigenvalue weighted by Crippen LogP contribution is 2.64. The van der Waals surface area contributed by atoms with Gasteiger partial charge in [-0.2, -0.15) is 0 Å². The van der Waals surface area contributed by atoms with Gasteiger partial charge in [0, 0.05) is 24.4 Å². The molecular weight excluding hydrogens is 190 g/mol. The van der Waals surface area contributed by atoms with E-state index in [4.69, 9.17) is 5.73 Å². The molecule has 78 valence electrons. The van der Waals surface area contributed by atoms with E-state index in [1.165, 1.54) is 0 Å². The van der Waals surface area contributed by atoms with E-state index in [-0.39, 0.29) is 18.0 Å². The van der Waals surface area contributed by atoms with E-state index in [9.17, 15) is 13.6 Å². The van der Waals surface area contributed by atoms with E-state index in [0.29, 0.717) is 19.4 Å². The summed E-state index contributed by atoms with van der Waals surface area (Å²) >= 11 is 0. The van der Waals surface area contributed by atoms with Crippen LogP contribution >= 0.6 is 0 Å². The van der Waals surface area contributed by atoms with Gasteiger partial charge in [0.1, 0.15) is 6.04 Å². The Kier molecular flexibility index (Phi) is 1.39. The highest BCUT2D eigenvalue weighted by Gasteiger charge is 2.72. The van der Waals surface area contributed by atoms with Crippen molar-refractivity contribution in [3.8, 4) is 0 Å². The van der Waals surface area contributed by atoms with E-state index >= 15 is 0 Å². The Bertz CT molecular complexity index is 293. The van der Waals surface area contributed by atoms with Gasteiger partial charge in [0.15, 0.2) is 0 Å². The molecule has 2 saturated carbocycles. The Hall–Kier alpha value is -0.710. The lowest BCUT2D eigenvalue weighted by Gasteiger charge is -2.41. The number of hydrogen-bond acceptors (Lipinski definition) is 2. The first-order chi connectivity index (χ1) is 6.51. The SMILES string of the molecule is NC1CN(C2CC3C(C2)C3(F)F)C1=O. The first-order valence-corrected chi connectivity index (χ1v) is 4.95. The normalized spacial score (nSPS) is 48.8. The summed E-state index contributed by atoms with van der Waals surface area (Å²) in [5, 5.41) is 0. The smallest absolute Gasteiger partial charge is 0.254 e. The monoisotopic (exact) mass is 202 g/mol. The lowest BCUT2D eigenvalue weighted by atomic mass is 10.0. The van der Waals surface area contributed by atoms with Crippen molar-refractivity contribution in [3.05, 3.63) is 0 Å². The Morgan fingerprint density at radius 1 is 1.36 bits per heavy atom. The topological polar surface area (TPSA) is 46.3 Å². The average molecular weight is 202 g/mol. The minimum absolute atomic E-state index is 0.0388. The predicted octanol–water partition coefficient (Wildman–Crippen LogP) is 0.200. The van der Waals surface area contributed by atoms with Gasteiger partial charge in [0.05, 0.1) is 0 Å². The van der Waals surface area contributed by atoms with Crippen molar-refractivity contribution in [2.24, 2.45) is 17.6 Å². The van der Waals surface area contributed by atoms with Crippen molar-refractivity contribution in [1.29, 1.82) is 0 Å². The summed E-state index contributed by atoms with van der Waals surface area (Å²) in [6.45, 7) is 0.550. The van der Waals surface area contributed by atoms with Crippen LogP contribution in [0.2, 0.25) is 0 Å². The van der Waals surface area contributed by atoms with Crippen LogP contribution in [-0.4, -0.2) is 35.4 Å². The van der Waals surface area contributed by atoms with E-state index < -0.39 is 17.8 Å². The summed E-state index contributed by atoms with van der Waals surface area (Å²) in [4.78, 5) is 12.9. The summed E-state index contributed by atoms with van der Waals surface area (Å²) in [7, 11) is 0. The van der Waals surface area contributed by atoms with Crippen LogP contribution in [0.15, 0.2) is 0 Å². The molecule has 1 saturated heterocycles. The number of hydrogen-bond donors (Lipinski definition) is 1. The van der Waals surface area contributed by atoms with Crippen LogP contribution in [-0.2, 0) is 4.79 Å². The van der Waals surface area contributed by atoms with E-state index in [0.717, 1.165) is 0 Å². The molecule has 2 N–H and O–H groups in total. The highest BCUT2D eigenvalue weighted by atomic mass is 19.3. The maximum absolute atomic E-state index is 12.8. The first kappa shape index (κ1) is 8.59. The summed E-state index contributed by atoms with van der Waals surface area (Å²) < 4.78 is 25.7. The summed E-state index contributed by atoms with van der Waals surface area (Å²) in [5.41, 5.74) is 5.44. The molecule has 3 unspecified atom stereocenters. The second-order valence-electron chi connectivity index (χ2n) is 4.61. The molecule has 3 atom stereocenters. The Labute approximate surface area is 80.2 Å². The number of β-lactam (4-membered cyclic amide) rings is 1. The fourth-order valence-corrected chi connectivity index (χ4v) is 2.85. The van der Waals surface area contributed by atoms with E-state index in [1.54, 1.807) is 4.90 Å². The Morgan fingerprint density at radius 3 is 2.36 bits per heavy atom. The molecular formula is C9H12F2N2O. The molecule has 1 aliphatic heterocycles. The number of fused-ring (bicyclic) bond motifs is 1. The Balaban J connectivity index is 1.63. The van der Waals surface area contributed by atoms with Crippen molar-refractivity contribution >= 4 is 5.91 Å². The van der Waals surface area contributed by atoms with Crippen LogP contribution in [0.5, 0.6) is 0 Å². The number of nitrogens with zero attached hydrogens (tertiary/aromatic N) is 1. The Morgan fingerprint density at radius 2 is 1.93 bits per heavy atom. The number of amides is 1. The van der Waals surface area contributed by atoms with Gasteiger partial charge in [-0.1, -0.05) is 0 Å². The third-order valence-electron chi connectivity index (χ3n) is 3.85. The van der Waals surface area contributed by atoms with Gasteiger partial charge in [0.25, 0.3) is 5.92 Å². The lowest BCUT2D eigenvalue weighted by Crippen LogP contribution is -2.64. The van der Waals surface area contributed by atoms with Gasteiger partial charge < -0.3 is 10.6 Å². The standard InChI is InChI=1S/C9H12F2N2O/c10-9(11)5-1-4(2-6(5)9)13-3-7(12)8(13)14/h4-7H,1-3,12H2. The molecule has 3 nitrogen and oxygen atoms in total. The second-order valence-corrected chi connectivity index (χ2v) is 4.61. The number of halogens is 2. The molecule has 3 rings (SSSR count). The van der Waals surface area contributed by atoms with Gasteiger partial charge in [-0.05, 0) is 12.8 Å². The van der Waals surface area contributed by atoms with Gasteiger partial charge in [-0.3, -0.25) is 4.79 Å². The molecule has 2 aliphatic carbocycles. The molecule has 5 heteroatoms. The van der Waals surface area contributed by atoms with Crippen molar-refractivity contribution < 1.29 is 13.6 Å². The van der Waals surface area contributed by atoms with Gasteiger partial charge >= 0.3 is 0 Å². The fraction of sp³-hybridized carbons (Fsp3) is 0.889. The van der Waals surface area contributed by atoms with Crippen LogP contribution in [0.1, 0.15) is 12.8 Å². The quantitative estimate of drug-likeness (QED) is 0.617. The molecule has 3 aliphatic rings. The van der Waals surface area contributed by atoms with Crippen molar-refractivity contribution in [2.75, 3.05) is 6.54 Å². The third kappa shape index (κ3) is 0.860. The molecule has 0 aromatic heterocycles. The molecule has 0 radical (unpaired) electrons. The van der Waals surface area contributed by atoms with Gasteiger partial charge in [-0.25, -0.2) is 8.78 Å². The number of alkyl halides is 2. The van der Waals surface area contributed by atoms with Crippen molar-refractivity contribution in [1.82, 2.24) is 4.90 Å². The predicted molar refractivity (Wildman–Crippen MR) is 44.6 cm³/mol. The summed E-state index contributed by atoms with van der Waals surface area (Å²) in [5.74, 6) is -3.43. The molecule has 0 spiro atoms. The summed E-state index contributed by atoms with van der Waals surface area (Å²) in [6.07, 6.45) is 0.937. The molecule has 0 bridgehead atoms. The van der Waals surface area contributed by atoms with Gasteiger partial charge in [0.2, 0.25) is 5.91 Å². The van der Waals surface area contributed by atoms with Crippen LogP contribution in [0.4, 0.5) is 8.78 Å². The van der Waals surface area contributed by atoms with Crippen LogP contribution in [0.25, 0.3) is 0 Å². The van der Waals surface area contributed by atoms with Gasteiger partial charge in [-0.15, -0.1) is 0 Å². The number of carbonyl (C=O) groups excluding carboxylic acids is 1. The number of carbonyl (C=O) groups is 1. The molecule has 1 amide bonds. The maximum Gasteiger partial charge on any atom is 0.254 e. The van der Waals surface area contributed by atoms with Crippen LogP contribution in [0, 0.1) is 11.8 Å². The average Bonchev–Trinajstić information content (AvgIpc) is 2.58. The maximum atomic E-state index is 12.8. The minimum atomic E-state index is -2.44. The van der Waals surface area contributed by atoms with Crippen LogP contribution in [0.3, 0.4) is 0 Å². The second kappa shape index (κ2) is 2.27. The lowest BCUT2D eigenvalue weighted by molar-refractivity contribution is -0.146. The number of nitrogens with two attached hydrogens (primary N) is 1. The largest absolute Gasteiger partial charge is 0.336 e. The number of likely N-dealkylation sites (tertiary alicyclic amines) is 1. The molecule has 0 aromatic rings. The molecule has 3 fully saturated rings. The summed E-state index contributed by atoms with van der Waals surface area (Å²) in [6, 6.07) is -0.343. The van der Waals surface area contributed by atoms with E-state index in [1.807, 2.05) is 0 Å². The zero-order chi connectivity index (χ0) is 10.1. The minimum Gasteiger partial charge on any atom is -0.336 e.